The maximum absolute atomic E-state index is 13.2. The van der Waals surface area contributed by atoms with Gasteiger partial charge in [-0.15, -0.1) is 6.42 Å². The van der Waals surface area contributed by atoms with E-state index in [0.717, 1.165) is 40.8 Å². The zero-order valence-electron chi connectivity index (χ0n) is 16.7. The van der Waals surface area contributed by atoms with Crippen molar-refractivity contribution in [1.82, 2.24) is 14.8 Å². The highest BCUT2D eigenvalue weighted by Crippen LogP contribution is 2.41. The highest BCUT2D eigenvalue weighted by atomic mass is 16.1. The highest BCUT2D eigenvalue weighted by Gasteiger charge is 2.30. The van der Waals surface area contributed by atoms with Crippen molar-refractivity contribution >= 4 is 22.6 Å². The van der Waals surface area contributed by atoms with Crippen LogP contribution in [0.4, 0.5) is 5.69 Å². The van der Waals surface area contributed by atoms with E-state index in [0.29, 0.717) is 17.2 Å². The Hall–Kier alpha value is -3.13. The fraction of sp³-hybridized carbons (Fsp3) is 0.348. The lowest BCUT2D eigenvalue weighted by atomic mass is 10.1. The monoisotopic (exact) mass is 372 g/mol. The fourth-order valence-electron chi connectivity index (χ4n) is 3.43. The number of aryl methyl sites for hydroxylation is 1. The Kier molecular flexibility index (Phi) is 4.23. The standard InChI is InChI=1S/C23H24N4O/c1-6-15-8-7-9-17(12-15)24-22(28)18-13-19(16-10-11-16)25-21-20(18)14(2)26-27(21)23(3,4)5/h1,7-9,12-13,16H,10-11H2,2-5H3,(H,24,28). The van der Waals surface area contributed by atoms with Crippen molar-refractivity contribution in [1.29, 1.82) is 0 Å². The van der Waals surface area contributed by atoms with Crippen molar-refractivity contribution in [3.05, 3.63) is 52.8 Å². The second-order valence-corrected chi connectivity index (χ2v) is 8.41. The van der Waals surface area contributed by atoms with Crippen LogP contribution >= 0.6 is 0 Å². The van der Waals surface area contributed by atoms with Gasteiger partial charge in [0.15, 0.2) is 5.65 Å². The molecule has 0 spiro atoms. The molecule has 4 rings (SSSR count). The van der Waals surface area contributed by atoms with E-state index in [1.54, 1.807) is 6.07 Å². The van der Waals surface area contributed by atoms with Crippen LogP contribution in [0.25, 0.3) is 11.0 Å². The molecule has 5 nitrogen and oxygen atoms in total. The van der Waals surface area contributed by atoms with E-state index >= 15 is 0 Å². The molecule has 3 aromatic rings. The number of nitrogens with one attached hydrogen (secondary N) is 1. The molecular formula is C23H24N4O. The summed E-state index contributed by atoms with van der Waals surface area (Å²) in [6.07, 6.45) is 7.71. The molecule has 0 atom stereocenters. The summed E-state index contributed by atoms with van der Waals surface area (Å²) in [6.45, 7) is 8.21. The van der Waals surface area contributed by atoms with Crippen molar-refractivity contribution < 1.29 is 4.79 Å². The second-order valence-electron chi connectivity index (χ2n) is 8.41. The topological polar surface area (TPSA) is 59.8 Å². The lowest BCUT2D eigenvalue weighted by Gasteiger charge is -2.20. The van der Waals surface area contributed by atoms with Crippen molar-refractivity contribution in [2.45, 2.75) is 52.0 Å². The molecule has 1 aliphatic rings. The van der Waals surface area contributed by atoms with Crippen LogP contribution in [0.2, 0.25) is 0 Å². The molecule has 1 amide bonds. The van der Waals surface area contributed by atoms with Crippen LogP contribution in [-0.2, 0) is 5.54 Å². The summed E-state index contributed by atoms with van der Waals surface area (Å²) in [5.74, 6) is 2.86. The molecule has 1 fully saturated rings. The minimum atomic E-state index is -0.226. The van der Waals surface area contributed by atoms with Gasteiger partial charge in [-0.05, 0) is 64.8 Å². The first-order chi connectivity index (χ1) is 13.3. The van der Waals surface area contributed by atoms with Crippen molar-refractivity contribution in [2.75, 3.05) is 5.32 Å². The normalized spacial score (nSPS) is 14.1. The Labute approximate surface area is 165 Å². The summed E-state index contributed by atoms with van der Waals surface area (Å²) >= 11 is 0. The minimum Gasteiger partial charge on any atom is -0.322 e. The third-order valence-electron chi connectivity index (χ3n) is 5.00. The third-order valence-corrected chi connectivity index (χ3v) is 5.00. The number of pyridine rings is 1. The van der Waals surface area contributed by atoms with E-state index in [-0.39, 0.29) is 11.4 Å². The van der Waals surface area contributed by atoms with E-state index in [2.05, 4.69) is 32.0 Å². The number of fused-ring (bicyclic) bond motifs is 1. The van der Waals surface area contributed by atoms with Gasteiger partial charge in [-0.2, -0.15) is 5.10 Å². The van der Waals surface area contributed by atoms with E-state index < -0.39 is 0 Å². The third kappa shape index (κ3) is 3.27. The summed E-state index contributed by atoms with van der Waals surface area (Å²) in [5.41, 5.74) is 4.36. The molecule has 1 aromatic carbocycles. The molecule has 0 bridgehead atoms. The molecule has 2 aromatic heterocycles. The Bertz CT molecular complexity index is 1120. The summed E-state index contributed by atoms with van der Waals surface area (Å²) in [5, 5.41) is 8.50. The fourth-order valence-corrected chi connectivity index (χ4v) is 3.43. The minimum absolute atomic E-state index is 0.167. The summed E-state index contributed by atoms with van der Waals surface area (Å²) < 4.78 is 1.93. The first-order valence-corrected chi connectivity index (χ1v) is 9.56. The molecule has 28 heavy (non-hydrogen) atoms. The van der Waals surface area contributed by atoms with Gasteiger partial charge >= 0.3 is 0 Å². The quantitative estimate of drug-likeness (QED) is 0.683. The van der Waals surface area contributed by atoms with Crippen LogP contribution in [0.1, 0.15) is 66.8 Å². The van der Waals surface area contributed by atoms with Gasteiger partial charge in [-0.3, -0.25) is 4.79 Å². The van der Waals surface area contributed by atoms with Crippen LogP contribution < -0.4 is 5.32 Å². The number of hydrogen-bond donors (Lipinski definition) is 1. The van der Waals surface area contributed by atoms with Crippen molar-refractivity contribution in [3.63, 3.8) is 0 Å². The van der Waals surface area contributed by atoms with Gasteiger partial charge in [0.25, 0.3) is 5.91 Å². The van der Waals surface area contributed by atoms with E-state index in [4.69, 9.17) is 16.5 Å². The maximum atomic E-state index is 13.2. The van der Waals surface area contributed by atoms with Gasteiger partial charge in [0.05, 0.1) is 22.2 Å². The molecule has 5 heteroatoms. The van der Waals surface area contributed by atoms with Crippen LogP contribution in [0, 0.1) is 19.3 Å². The number of carbonyl (C=O) groups is 1. The molecule has 2 heterocycles. The molecule has 0 aliphatic heterocycles. The van der Waals surface area contributed by atoms with Crippen molar-refractivity contribution in [3.8, 4) is 12.3 Å². The predicted octanol–water partition coefficient (Wildman–Crippen LogP) is 4.61. The molecule has 1 N–H and O–H groups in total. The Morgan fingerprint density at radius 1 is 1.29 bits per heavy atom. The first kappa shape index (κ1) is 18.2. The molecule has 1 saturated carbocycles. The molecule has 142 valence electrons. The average Bonchev–Trinajstić information content (AvgIpc) is 3.44. The number of aromatic nitrogens is 3. The molecular weight excluding hydrogens is 348 g/mol. The van der Waals surface area contributed by atoms with Crippen LogP contribution in [0.15, 0.2) is 30.3 Å². The summed E-state index contributed by atoms with van der Waals surface area (Å²) in [4.78, 5) is 18.1. The maximum Gasteiger partial charge on any atom is 0.256 e. The van der Waals surface area contributed by atoms with E-state index in [1.807, 2.05) is 35.9 Å². The molecule has 0 radical (unpaired) electrons. The van der Waals surface area contributed by atoms with Crippen LogP contribution in [0.3, 0.4) is 0 Å². The number of nitrogens with zero attached hydrogens (tertiary/aromatic N) is 3. The molecule has 0 unspecified atom stereocenters. The number of anilines is 1. The number of carbonyl (C=O) groups excluding carboxylic acids is 1. The largest absolute Gasteiger partial charge is 0.322 e. The van der Waals surface area contributed by atoms with Gasteiger partial charge in [0, 0.05) is 22.9 Å². The Morgan fingerprint density at radius 2 is 2.04 bits per heavy atom. The number of amides is 1. The van der Waals surface area contributed by atoms with E-state index in [1.165, 1.54) is 0 Å². The van der Waals surface area contributed by atoms with Gasteiger partial charge in [0.1, 0.15) is 0 Å². The zero-order valence-corrected chi connectivity index (χ0v) is 16.7. The number of terminal acetylenes is 1. The van der Waals surface area contributed by atoms with Crippen LogP contribution in [0.5, 0.6) is 0 Å². The van der Waals surface area contributed by atoms with Gasteiger partial charge < -0.3 is 5.32 Å². The van der Waals surface area contributed by atoms with Gasteiger partial charge in [-0.1, -0.05) is 12.0 Å². The zero-order chi connectivity index (χ0) is 20.1. The van der Waals surface area contributed by atoms with Gasteiger partial charge in [-0.25, -0.2) is 9.67 Å². The first-order valence-electron chi connectivity index (χ1n) is 9.56. The SMILES string of the molecule is C#Cc1cccc(NC(=O)c2cc(C3CC3)nc3c2c(C)nn3C(C)(C)C)c1. The smallest absolute Gasteiger partial charge is 0.256 e. The molecule has 0 saturated heterocycles. The van der Waals surface area contributed by atoms with Crippen molar-refractivity contribution in [2.24, 2.45) is 0 Å². The number of benzene rings is 1. The number of hydrogen-bond acceptors (Lipinski definition) is 3. The lowest BCUT2D eigenvalue weighted by Crippen LogP contribution is -2.23. The summed E-state index contributed by atoms with van der Waals surface area (Å²) in [6, 6.07) is 9.24. The predicted molar refractivity (Wildman–Crippen MR) is 112 cm³/mol. The Balaban J connectivity index is 1.84. The lowest BCUT2D eigenvalue weighted by molar-refractivity contribution is 0.102. The number of rotatable bonds is 3. The molecule has 1 aliphatic carbocycles. The Morgan fingerprint density at radius 3 is 2.68 bits per heavy atom. The highest BCUT2D eigenvalue weighted by molar-refractivity contribution is 6.12. The van der Waals surface area contributed by atoms with Crippen LogP contribution in [-0.4, -0.2) is 20.7 Å². The summed E-state index contributed by atoms with van der Waals surface area (Å²) in [7, 11) is 0. The average molecular weight is 372 g/mol. The van der Waals surface area contributed by atoms with E-state index in [9.17, 15) is 4.79 Å². The van der Waals surface area contributed by atoms with Gasteiger partial charge in [0.2, 0.25) is 0 Å². The second kappa shape index (κ2) is 6.49.